The number of carbonyl (C=O) groups excluding carboxylic acids is 1. The fourth-order valence-electron chi connectivity index (χ4n) is 4.19. The van der Waals surface area contributed by atoms with Crippen molar-refractivity contribution >= 4 is 17.6 Å². The molecule has 0 spiro atoms. The van der Waals surface area contributed by atoms with Gasteiger partial charge in [0.15, 0.2) is 0 Å². The van der Waals surface area contributed by atoms with E-state index in [-0.39, 0.29) is 12.1 Å². The molecule has 3 aromatic carbocycles. The average Bonchev–Trinajstić information content (AvgIpc) is 2.80. The van der Waals surface area contributed by atoms with Gasteiger partial charge in [-0.25, -0.2) is 4.79 Å². The Balaban J connectivity index is 1.40. The SMILES string of the molecule is Cc1cccc(CNC(=O)N2CCN(C(c3ccccc3)c3ccc(Cl)cc3)CC2)c1. The number of nitrogens with one attached hydrogen (secondary N) is 1. The molecule has 31 heavy (non-hydrogen) atoms. The quantitative estimate of drug-likeness (QED) is 0.595. The highest BCUT2D eigenvalue weighted by molar-refractivity contribution is 6.30. The number of hydrogen-bond donors (Lipinski definition) is 1. The Labute approximate surface area is 189 Å². The molecule has 4 rings (SSSR count). The van der Waals surface area contributed by atoms with Crippen LogP contribution in [0.3, 0.4) is 0 Å². The molecule has 0 saturated carbocycles. The topological polar surface area (TPSA) is 35.6 Å². The van der Waals surface area contributed by atoms with Crippen LogP contribution < -0.4 is 5.32 Å². The molecule has 1 aliphatic rings. The number of benzene rings is 3. The first kappa shape index (κ1) is 21.4. The summed E-state index contributed by atoms with van der Waals surface area (Å²) < 4.78 is 0. The summed E-state index contributed by atoms with van der Waals surface area (Å²) in [4.78, 5) is 17.1. The molecule has 0 bridgehead atoms. The van der Waals surface area contributed by atoms with E-state index in [9.17, 15) is 4.79 Å². The van der Waals surface area contributed by atoms with Gasteiger partial charge < -0.3 is 10.2 Å². The third-order valence-corrected chi connectivity index (χ3v) is 6.05. The van der Waals surface area contributed by atoms with E-state index in [2.05, 4.69) is 65.7 Å². The lowest BCUT2D eigenvalue weighted by Crippen LogP contribution is -2.52. The van der Waals surface area contributed by atoms with Crippen LogP contribution >= 0.6 is 11.6 Å². The molecule has 0 aliphatic carbocycles. The first-order valence-electron chi connectivity index (χ1n) is 10.7. The summed E-state index contributed by atoms with van der Waals surface area (Å²) in [5.41, 5.74) is 4.79. The number of piperazine rings is 1. The van der Waals surface area contributed by atoms with Crippen molar-refractivity contribution in [1.29, 1.82) is 0 Å². The van der Waals surface area contributed by atoms with Gasteiger partial charge in [0.05, 0.1) is 6.04 Å². The molecule has 4 nitrogen and oxygen atoms in total. The predicted molar refractivity (Wildman–Crippen MR) is 126 cm³/mol. The van der Waals surface area contributed by atoms with Gasteiger partial charge in [0, 0.05) is 37.7 Å². The van der Waals surface area contributed by atoms with Gasteiger partial charge in [-0.05, 0) is 35.7 Å². The second-order valence-corrected chi connectivity index (χ2v) is 8.47. The van der Waals surface area contributed by atoms with Gasteiger partial charge >= 0.3 is 6.03 Å². The zero-order chi connectivity index (χ0) is 21.6. The molecule has 2 amide bonds. The van der Waals surface area contributed by atoms with Crippen LogP contribution in [0.4, 0.5) is 4.79 Å². The number of carbonyl (C=O) groups is 1. The minimum absolute atomic E-state index is 0.00362. The predicted octanol–water partition coefficient (Wildman–Crippen LogP) is 5.27. The fraction of sp³-hybridized carbons (Fsp3) is 0.269. The van der Waals surface area contributed by atoms with Crippen LogP contribution in [-0.2, 0) is 6.54 Å². The van der Waals surface area contributed by atoms with E-state index < -0.39 is 0 Å². The van der Waals surface area contributed by atoms with E-state index in [4.69, 9.17) is 11.6 Å². The van der Waals surface area contributed by atoms with E-state index in [0.717, 1.165) is 23.7 Å². The largest absolute Gasteiger partial charge is 0.334 e. The monoisotopic (exact) mass is 433 g/mol. The molecular formula is C26H28ClN3O. The second-order valence-electron chi connectivity index (χ2n) is 8.04. The Morgan fingerprint density at radius 2 is 1.58 bits per heavy atom. The maximum atomic E-state index is 12.7. The van der Waals surface area contributed by atoms with E-state index in [1.165, 1.54) is 16.7 Å². The number of halogens is 1. The van der Waals surface area contributed by atoms with E-state index in [1.54, 1.807) is 0 Å². The lowest BCUT2D eigenvalue weighted by Gasteiger charge is -2.39. The van der Waals surface area contributed by atoms with Crippen LogP contribution in [0, 0.1) is 6.92 Å². The zero-order valence-corrected chi connectivity index (χ0v) is 18.6. The summed E-state index contributed by atoms with van der Waals surface area (Å²) in [6.45, 7) is 5.67. The Bertz CT molecular complexity index is 999. The van der Waals surface area contributed by atoms with Crippen LogP contribution in [0.15, 0.2) is 78.9 Å². The van der Waals surface area contributed by atoms with Gasteiger partial charge in [0.1, 0.15) is 0 Å². The molecule has 1 fully saturated rings. The molecular weight excluding hydrogens is 406 g/mol. The summed E-state index contributed by atoms with van der Waals surface area (Å²) in [5.74, 6) is 0. The van der Waals surface area contributed by atoms with Crippen molar-refractivity contribution in [3.63, 3.8) is 0 Å². The van der Waals surface area contributed by atoms with Gasteiger partial charge in [-0.1, -0.05) is 83.9 Å². The van der Waals surface area contributed by atoms with E-state index in [0.29, 0.717) is 19.6 Å². The first-order valence-corrected chi connectivity index (χ1v) is 11.1. The molecule has 1 atom stereocenters. The Kier molecular flexibility index (Phi) is 6.90. The van der Waals surface area contributed by atoms with Crippen LogP contribution in [0.1, 0.15) is 28.3 Å². The Morgan fingerprint density at radius 1 is 0.903 bits per heavy atom. The van der Waals surface area contributed by atoms with Gasteiger partial charge in [0.2, 0.25) is 0 Å². The van der Waals surface area contributed by atoms with Crippen LogP contribution in [0.5, 0.6) is 0 Å². The second kappa shape index (κ2) is 9.99. The number of amides is 2. The zero-order valence-electron chi connectivity index (χ0n) is 17.8. The standard InChI is InChI=1S/C26H28ClN3O/c1-20-6-5-7-21(18-20)19-28-26(31)30-16-14-29(15-17-30)25(22-8-3-2-4-9-22)23-10-12-24(27)13-11-23/h2-13,18,25H,14-17,19H2,1H3,(H,28,31). The van der Waals surface area contributed by atoms with Crippen molar-refractivity contribution in [3.8, 4) is 0 Å². The highest BCUT2D eigenvalue weighted by Crippen LogP contribution is 2.30. The molecule has 1 heterocycles. The molecule has 3 aromatic rings. The van der Waals surface area contributed by atoms with Gasteiger partial charge in [0.25, 0.3) is 0 Å². The molecule has 1 saturated heterocycles. The smallest absolute Gasteiger partial charge is 0.317 e. The van der Waals surface area contributed by atoms with Crippen molar-refractivity contribution < 1.29 is 4.79 Å². The minimum atomic E-state index is 0.00362. The molecule has 160 valence electrons. The molecule has 5 heteroatoms. The number of aryl methyl sites for hydroxylation is 1. The number of rotatable bonds is 5. The van der Waals surface area contributed by atoms with Gasteiger partial charge in [-0.3, -0.25) is 4.90 Å². The maximum absolute atomic E-state index is 12.7. The van der Waals surface area contributed by atoms with E-state index in [1.807, 2.05) is 35.2 Å². The lowest BCUT2D eigenvalue weighted by atomic mass is 9.96. The van der Waals surface area contributed by atoms with Crippen LogP contribution in [-0.4, -0.2) is 42.0 Å². The third-order valence-electron chi connectivity index (χ3n) is 5.79. The highest BCUT2D eigenvalue weighted by Gasteiger charge is 2.28. The van der Waals surface area contributed by atoms with Crippen molar-refractivity contribution in [2.24, 2.45) is 0 Å². The number of nitrogens with zero attached hydrogens (tertiary/aromatic N) is 2. The molecule has 1 N–H and O–H groups in total. The normalized spacial score (nSPS) is 15.5. The summed E-state index contributed by atoms with van der Waals surface area (Å²) in [6, 6.07) is 27.0. The summed E-state index contributed by atoms with van der Waals surface area (Å²) in [5, 5.41) is 3.80. The third kappa shape index (κ3) is 5.46. The summed E-state index contributed by atoms with van der Waals surface area (Å²) in [6.07, 6.45) is 0. The van der Waals surface area contributed by atoms with Crippen molar-refractivity contribution in [1.82, 2.24) is 15.1 Å². The summed E-state index contributed by atoms with van der Waals surface area (Å²) in [7, 11) is 0. The number of urea groups is 1. The van der Waals surface area contributed by atoms with Crippen molar-refractivity contribution in [3.05, 3.63) is 106 Å². The van der Waals surface area contributed by atoms with Crippen LogP contribution in [0.25, 0.3) is 0 Å². The minimum Gasteiger partial charge on any atom is -0.334 e. The molecule has 0 aromatic heterocycles. The van der Waals surface area contributed by atoms with Gasteiger partial charge in [-0.2, -0.15) is 0 Å². The number of hydrogen-bond acceptors (Lipinski definition) is 2. The molecule has 1 aliphatic heterocycles. The lowest BCUT2D eigenvalue weighted by molar-refractivity contribution is 0.120. The Hall–Kier alpha value is -2.82. The van der Waals surface area contributed by atoms with Crippen molar-refractivity contribution in [2.75, 3.05) is 26.2 Å². The fourth-order valence-corrected chi connectivity index (χ4v) is 4.32. The van der Waals surface area contributed by atoms with Crippen molar-refractivity contribution in [2.45, 2.75) is 19.5 Å². The molecule has 0 radical (unpaired) electrons. The first-order chi connectivity index (χ1) is 15.1. The summed E-state index contributed by atoms with van der Waals surface area (Å²) >= 11 is 6.12. The molecule has 1 unspecified atom stereocenters. The Morgan fingerprint density at radius 3 is 2.26 bits per heavy atom. The van der Waals surface area contributed by atoms with Gasteiger partial charge in [-0.15, -0.1) is 0 Å². The average molecular weight is 434 g/mol. The highest BCUT2D eigenvalue weighted by atomic mass is 35.5. The van der Waals surface area contributed by atoms with E-state index >= 15 is 0 Å². The maximum Gasteiger partial charge on any atom is 0.317 e. The van der Waals surface area contributed by atoms with Crippen LogP contribution in [0.2, 0.25) is 5.02 Å².